The van der Waals surface area contributed by atoms with Gasteiger partial charge in [-0.1, -0.05) is 6.07 Å². The van der Waals surface area contributed by atoms with E-state index in [4.69, 9.17) is 4.74 Å². The first-order valence-electron chi connectivity index (χ1n) is 15.5. The summed E-state index contributed by atoms with van der Waals surface area (Å²) in [5.74, 6) is -3.25. The Balaban J connectivity index is 1.33. The van der Waals surface area contributed by atoms with Crippen LogP contribution in [0.5, 0.6) is 5.88 Å². The molecule has 0 atom stereocenters. The summed E-state index contributed by atoms with van der Waals surface area (Å²) in [5, 5.41) is 8.69. The molecular formula is C30H30F11N7O3. The van der Waals surface area contributed by atoms with E-state index in [1.54, 1.807) is 5.32 Å². The Hall–Kier alpha value is -4.43. The fourth-order valence-corrected chi connectivity index (χ4v) is 5.77. The van der Waals surface area contributed by atoms with Crippen LogP contribution in [0.3, 0.4) is 0 Å². The van der Waals surface area contributed by atoms with Crippen LogP contribution in [0.1, 0.15) is 60.0 Å². The molecule has 0 saturated heterocycles. The lowest BCUT2D eigenvalue weighted by atomic mass is 9.86. The molecule has 2 fully saturated rings. The number of aromatic amines is 1. The fourth-order valence-electron chi connectivity index (χ4n) is 5.77. The van der Waals surface area contributed by atoms with Gasteiger partial charge in [0.1, 0.15) is 11.0 Å². The minimum absolute atomic E-state index is 0.0119. The van der Waals surface area contributed by atoms with E-state index in [2.05, 4.69) is 30.9 Å². The van der Waals surface area contributed by atoms with Gasteiger partial charge in [-0.15, -0.1) is 0 Å². The predicted octanol–water partition coefficient (Wildman–Crippen LogP) is 6.72. The molecular weight excluding hydrogens is 715 g/mol. The second-order valence-corrected chi connectivity index (χ2v) is 12.3. The summed E-state index contributed by atoms with van der Waals surface area (Å²) in [4.78, 5) is 36.0. The molecule has 2 aliphatic carbocycles. The zero-order valence-corrected chi connectivity index (χ0v) is 26.2. The predicted molar refractivity (Wildman–Crippen MR) is 157 cm³/mol. The maximum absolute atomic E-state index is 13.9. The topological polar surface area (TPSA) is 133 Å². The third-order valence-corrected chi connectivity index (χ3v) is 8.62. The van der Waals surface area contributed by atoms with Gasteiger partial charge in [0.15, 0.2) is 12.3 Å². The largest absolute Gasteiger partial charge is 0.471 e. The average molecular weight is 746 g/mol. The fraction of sp³-hybridized carbons (Fsp3) is 0.533. The van der Waals surface area contributed by atoms with Crippen molar-refractivity contribution < 1.29 is 62.6 Å². The van der Waals surface area contributed by atoms with Crippen molar-refractivity contribution in [3.63, 3.8) is 0 Å². The maximum Gasteiger partial charge on any atom is 0.457 e. The second kappa shape index (κ2) is 14.3. The highest BCUT2D eigenvalue weighted by Gasteiger charge is 2.68. The van der Waals surface area contributed by atoms with E-state index < -0.39 is 91.5 Å². The number of fused-ring (bicyclic) bond motifs is 1. The number of aromatic nitrogens is 3. The van der Waals surface area contributed by atoms with Crippen molar-refractivity contribution >= 4 is 34.6 Å². The number of halogens is 11. The van der Waals surface area contributed by atoms with E-state index >= 15 is 0 Å². The molecule has 2 aromatic heterocycles. The van der Waals surface area contributed by atoms with E-state index in [0.717, 1.165) is 18.2 Å². The number of imidazole rings is 1. The van der Waals surface area contributed by atoms with Gasteiger partial charge in [0, 0.05) is 19.1 Å². The van der Waals surface area contributed by atoms with E-state index in [1.807, 2.05) is 0 Å². The van der Waals surface area contributed by atoms with Gasteiger partial charge in [0.25, 0.3) is 12.3 Å². The summed E-state index contributed by atoms with van der Waals surface area (Å²) in [6.07, 6.45) is -16.9. The number of alkyl halides is 11. The Morgan fingerprint density at radius 1 is 0.941 bits per heavy atom. The zero-order chi connectivity index (χ0) is 37.4. The molecule has 0 unspecified atom stereocenters. The Morgan fingerprint density at radius 2 is 1.63 bits per heavy atom. The highest BCUT2D eigenvalue weighted by Crippen LogP contribution is 2.57. The van der Waals surface area contributed by atoms with Gasteiger partial charge in [-0.05, 0) is 68.2 Å². The third-order valence-electron chi connectivity index (χ3n) is 8.62. The first-order chi connectivity index (χ1) is 23.7. The summed E-state index contributed by atoms with van der Waals surface area (Å²) in [6, 6.07) is 2.92. The molecule has 51 heavy (non-hydrogen) atoms. The van der Waals surface area contributed by atoms with Gasteiger partial charge >= 0.3 is 18.7 Å². The summed E-state index contributed by atoms with van der Waals surface area (Å²) < 4.78 is 150. The molecule has 5 rings (SSSR count). The van der Waals surface area contributed by atoms with Gasteiger partial charge in [0.05, 0.1) is 16.8 Å². The van der Waals surface area contributed by atoms with Crippen LogP contribution in [0.2, 0.25) is 0 Å². The number of hydrogen-bond donors (Lipinski definition) is 5. The molecule has 5 N–H and O–H groups in total. The van der Waals surface area contributed by atoms with Crippen LogP contribution in [0, 0.1) is 11.3 Å². The Kier molecular flexibility index (Phi) is 10.6. The smallest absolute Gasteiger partial charge is 0.457 e. The van der Waals surface area contributed by atoms with Crippen molar-refractivity contribution in [2.24, 2.45) is 11.3 Å². The van der Waals surface area contributed by atoms with Gasteiger partial charge < -0.3 is 25.7 Å². The van der Waals surface area contributed by atoms with E-state index in [0.29, 0.717) is 18.9 Å². The van der Waals surface area contributed by atoms with Gasteiger partial charge in [0.2, 0.25) is 17.7 Å². The van der Waals surface area contributed by atoms with Crippen LogP contribution in [0.15, 0.2) is 24.3 Å². The molecule has 21 heteroatoms. The van der Waals surface area contributed by atoms with Gasteiger partial charge in [-0.3, -0.25) is 9.59 Å². The Bertz CT molecular complexity index is 1730. The number of hydrogen-bond acceptors (Lipinski definition) is 7. The van der Waals surface area contributed by atoms with Crippen LogP contribution < -0.4 is 26.0 Å². The van der Waals surface area contributed by atoms with E-state index in [1.165, 1.54) is 0 Å². The van der Waals surface area contributed by atoms with Gasteiger partial charge in [-0.2, -0.15) is 49.5 Å². The molecule has 0 spiro atoms. The number of nitrogens with one attached hydrogen (secondary N) is 5. The molecule has 280 valence electrons. The molecule has 1 aromatic carbocycles. The lowest BCUT2D eigenvalue weighted by molar-refractivity contribution is -0.192. The van der Waals surface area contributed by atoms with E-state index in [9.17, 15) is 57.9 Å². The normalized spacial score (nSPS) is 19.2. The lowest BCUT2D eigenvalue weighted by Crippen LogP contribution is -2.43. The molecule has 0 radical (unpaired) electrons. The van der Waals surface area contributed by atoms with Crippen LogP contribution in [-0.2, 0) is 17.5 Å². The first kappa shape index (κ1) is 37.8. The lowest BCUT2D eigenvalue weighted by Gasteiger charge is -2.29. The Labute approximate surface area is 281 Å². The van der Waals surface area contributed by atoms with Crippen molar-refractivity contribution in [2.75, 3.05) is 18.5 Å². The summed E-state index contributed by atoms with van der Waals surface area (Å²) in [5.41, 5.74) is -4.98. The molecule has 3 aromatic rings. The molecule has 0 aliphatic heterocycles. The summed E-state index contributed by atoms with van der Waals surface area (Å²) >= 11 is 0. The molecule has 2 saturated carbocycles. The number of amides is 2. The number of rotatable bonds is 12. The average Bonchev–Trinajstić information content (AvgIpc) is 3.76. The van der Waals surface area contributed by atoms with Crippen molar-refractivity contribution in [1.82, 2.24) is 30.9 Å². The number of carbonyl (C=O) groups is 2. The number of benzene rings is 1. The number of carbonyl (C=O) groups excluding carboxylic acids is 2. The summed E-state index contributed by atoms with van der Waals surface area (Å²) in [7, 11) is 0. The van der Waals surface area contributed by atoms with Crippen LogP contribution in [0.4, 0.5) is 59.9 Å². The third kappa shape index (κ3) is 9.28. The minimum Gasteiger partial charge on any atom is -0.471 e. The monoisotopic (exact) mass is 745 g/mol. The molecule has 2 heterocycles. The maximum atomic E-state index is 13.9. The minimum atomic E-state index is -4.92. The first-order valence-corrected chi connectivity index (χ1v) is 15.5. The van der Waals surface area contributed by atoms with Crippen LogP contribution in [0.25, 0.3) is 11.2 Å². The highest BCUT2D eigenvalue weighted by atomic mass is 19.4. The van der Waals surface area contributed by atoms with E-state index in [-0.39, 0.29) is 53.5 Å². The van der Waals surface area contributed by atoms with Crippen molar-refractivity contribution in [2.45, 2.75) is 76.2 Å². The number of anilines is 2. The van der Waals surface area contributed by atoms with Crippen LogP contribution in [-0.4, -0.2) is 64.9 Å². The Morgan fingerprint density at radius 3 is 2.22 bits per heavy atom. The zero-order valence-electron chi connectivity index (χ0n) is 26.2. The quantitative estimate of drug-likeness (QED) is 0.103. The van der Waals surface area contributed by atoms with Crippen molar-refractivity contribution in [3.8, 4) is 5.88 Å². The van der Waals surface area contributed by atoms with Gasteiger partial charge in [-0.25, -0.2) is 14.1 Å². The highest BCUT2D eigenvalue weighted by molar-refractivity contribution is 5.99. The number of nitrogens with zero attached hydrogens (tertiary/aromatic N) is 2. The van der Waals surface area contributed by atoms with Crippen molar-refractivity contribution in [3.05, 3.63) is 41.0 Å². The van der Waals surface area contributed by atoms with Crippen LogP contribution >= 0.6 is 0 Å². The number of pyridine rings is 1. The van der Waals surface area contributed by atoms with Crippen molar-refractivity contribution in [1.29, 1.82) is 0 Å². The second-order valence-electron chi connectivity index (χ2n) is 12.3. The standard InChI is InChI=1S/C30H30F11N7O3/c31-21(32)13-51-24-17(23(49)42-11-14-1-4-16(5-2-14)48-30(39,40)41)10-20-22(46-24)47-26(45-20)44-19-9-15(3-6-18(19)28(33,34)35)12-43-25(50)27(7-8-27)29(36,37)38/h3,6,9-10,14,16,21,48H,1-2,4-5,7-8,11-13H2,(H,42,49)(H,43,50)(H2,44,45,46,47). The molecule has 10 nitrogen and oxygen atoms in total. The summed E-state index contributed by atoms with van der Waals surface area (Å²) in [6.45, 7) is -1.67. The number of H-pyrrole nitrogens is 1. The molecule has 2 aliphatic rings. The molecule has 2 amide bonds. The molecule has 0 bridgehead atoms. The SMILES string of the molecule is O=C(NCC1CCC(NC(F)(F)F)CC1)c1cc2[nH]c(Nc3cc(CNC(=O)C4(C(F)(F)F)CC4)ccc3C(F)(F)F)nc2nc1OCC(F)F. The number of ether oxygens (including phenoxy) is 1.